The Morgan fingerprint density at radius 2 is 2.16 bits per heavy atom. The van der Waals surface area contributed by atoms with Crippen molar-refractivity contribution in [3.63, 3.8) is 0 Å². The molecule has 1 aromatic heterocycles. The molecular weight excluding hydrogens is 408 g/mol. The number of anilines is 1. The molecule has 1 N–H and O–H groups in total. The normalized spacial score (nSPS) is 19.2. The van der Waals surface area contributed by atoms with Crippen molar-refractivity contribution in [3.8, 4) is 0 Å². The van der Waals surface area contributed by atoms with Gasteiger partial charge in [-0.15, -0.1) is 0 Å². The highest BCUT2D eigenvalue weighted by atomic mass is 79.9. The highest BCUT2D eigenvalue weighted by Gasteiger charge is 2.33. The summed E-state index contributed by atoms with van der Waals surface area (Å²) in [7, 11) is -3.03. The van der Waals surface area contributed by atoms with E-state index in [0.717, 1.165) is 4.47 Å². The zero-order chi connectivity index (χ0) is 17.9. The number of furan rings is 1. The molecule has 1 saturated heterocycles. The van der Waals surface area contributed by atoms with Crippen LogP contribution in [0.15, 0.2) is 51.6 Å². The third-order valence-corrected chi connectivity index (χ3v) is 6.36. The van der Waals surface area contributed by atoms with Gasteiger partial charge in [-0.25, -0.2) is 8.42 Å². The minimum atomic E-state index is -3.03. The van der Waals surface area contributed by atoms with E-state index in [1.165, 1.54) is 0 Å². The van der Waals surface area contributed by atoms with Crippen LogP contribution in [0.2, 0.25) is 0 Å². The second-order valence-corrected chi connectivity index (χ2v) is 9.24. The SMILES string of the molecule is O=C(CN(Cc1ccco1)[C@H]1CCS(=O)(=O)C1)Nc1cccc(Br)c1. The molecule has 0 radical (unpaired) electrons. The number of nitrogens with one attached hydrogen (secondary N) is 1. The van der Waals surface area contributed by atoms with Gasteiger partial charge < -0.3 is 9.73 Å². The van der Waals surface area contributed by atoms with E-state index in [-0.39, 0.29) is 30.0 Å². The summed E-state index contributed by atoms with van der Waals surface area (Å²) in [6, 6.07) is 10.8. The molecule has 1 aromatic carbocycles. The van der Waals surface area contributed by atoms with Crippen LogP contribution >= 0.6 is 15.9 Å². The Morgan fingerprint density at radius 3 is 2.80 bits per heavy atom. The molecule has 25 heavy (non-hydrogen) atoms. The molecule has 1 fully saturated rings. The third kappa shape index (κ3) is 5.17. The number of hydrogen-bond acceptors (Lipinski definition) is 5. The van der Waals surface area contributed by atoms with Gasteiger partial charge >= 0.3 is 0 Å². The van der Waals surface area contributed by atoms with Gasteiger partial charge in [-0.1, -0.05) is 22.0 Å². The van der Waals surface area contributed by atoms with Crippen molar-refractivity contribution < 1.29 is 17.6 Å². The van der Waals surface area contributed by atoms with E-state index in [1.54, 1.807) is 18.4 Å². The Kier molecular flexibility index (Phi) is 5.61. The van der Waals surface area contributed by atoms with Crippen LogP contribution in [0, 0.1) is 0 Å². The van der Waals surface area contributed by atoms with Crippen LogP contribution in [0.4, 0.5) is 5.69 Å². The average Bonchev–Trinajstić information content (AvgIpc) is 3.16. The lowest BCUT2D eigenvalue weighted by atomic mass is 10.2. The summed E-state index contributed by atoms with van der Waals surface area (Å²) in [4.78, 5) is 14.3. The lowest BCUT2D eigenvalue weighted by Crippen LogP contribution is -2.41. The van der Waals surface area contributed by atoms with E-state index in [4.69, 9.17) is 4.42 Å². The van der Waals surface area contributed by atoms with Crippen molar-refractivity contribution in [2.45, 2.75) is 19.0 Å². The molecule has 0 saturated carbocycles. The van der Waals surface area contributed by atoms with Crippen LogP contribution in [0.25, 0.3) is 0 Å². The van der Waals surface area contributed by atoms with Gasteiger partial charge in [0.25, 0.3) is 0 Å². The molecule has 6 nitrogen and oxygen atoms in total. The van der Waals surface area contributed by atoms with E-state index in [9.17, 15) is 13.2 Å². The van der Waals surface area contributed by atoms with Gasteiger partial charge in [0.1, 0.15) is 5.76 Å². The fraction of sp³-hybridized carbons (Fsp3) is 0.353. The zero-order valence-corrected chi connectivity index (χ0v) is 15.9. The Hall–Kier alpha value is -1.64. The molecule has 0 spiro atoms. The van der Waals surface area contributed by atoms with Crippen LogP contribution in [0.1, 0.15) is 12.2 Å². The van der Waals surface area contributed by atoms with Crippen molar-refractivity contribution in [1.82, 2.24) is 4.90 Å². The van der Waals surface area contributed by atoms with E-state index in [1.807, 2.05) is 29.2 Å². The standard InChI is InChI=1S/C17H19BrN2O4S/c18-13-3-1-4-14(9-13)19-17(21)11-20(10-16-5-2-7-24-16)15-6-8-25(22,23)12-15/h1-5,7,9,15H,6,8,10-12H2,(H,19,21)/t15-/m0/s1. The van der Waals surface area contributed by atoms with Crippen LogP contribution < -0.4 is 5.32 Å². The van der Waals surface area contributed by atoms with Crippen LogP contribution in [0.3, 0.4) is 0 Å². The Balaban J connectivity index is 1.69. The van der Waals surface area contributed by atoms with E-state index >= 15 is 0 Å². The van der Waals surface area contributed by atoms with E-state index in [2.05, 4.69) is 21.2 Å². The minimum Gasteiger partial charge on any atom is -0.468 e. The summed E-state index contributed by atoms with van der Waals surface area (Å²) in [6.07, 6.45) is 2.10. The number of halogens is 1. The largest absolute Gasteiger partial charge is 0.468 e. The van der Waals surface area contributed by atoms with E-state index in [0.29, 0.717) is 24.4 Å². The van der Waals surface area contributed by atoms with Crippen molar-refractivity contribution in [3.05, 3.63) is 52.9 Å². The lowest BCUT2D eigenvalue weighted by molar-refractivity contribution is -0.118. The Bertz CT molecular complexity index is 836. The van der Waals surface area contributed by atoms with Gasteiger partial charge in [0.2, 0.25) is 5.91 Å². The van der Waals surface area contributed by atoms with E-state index < -0.39 is 9.84 Å². The van der Waals surface area contributed by atoms with Crippen molar-refractivity contribution >= 4 is 37.4 Å². The first kappa shape index (κ1) is 18.2. The number of hydrogen-bond donors (Lipinski definition) is 1. The third-order valence-electron chi connectivity index (χ3n) is 4.12. The molecule has 0 unspecified atom stereocenters. The number of rotatable bonds is 6. The van der Waals surface area contributed by atoms with Crippen LogP contribution in [-0.2, 0) is 21.2 Å². The Morgan fingerprint density at radius 1 is 1.32 bits per heavy atom. The lowest BCUT2D eigenvalue weighted by Gasteiger charge is -2.26. The predicted molar refractivity (Wildman–Crippen MR) is 98.9 cm³/mol. The predicted octanol–water partition coefficient (Wildman–Crippen LogP) is 2.67. The summed E-state index contributed by atoms with van der Waals surface area (Å²) in [5.74, 6) is 0.769. The highest BCUT2D eigenvalue weighted by Crippen LogP contribution is 2.21. The molecule has 2 aromatic rings. The molecule has 1 aliphatic rings. The second kappa shape index (κ2) is 7.72. The quantitative estimate of drug-likeness (QED) is 0.767. The molecular formula is C17H19BrN2O4S. The van der Waals surface area contributed by atoms with Gasteiger partial charge in [0, 0.05) is 16.2 Å². The maximum Gasteiger partial charge on any atom is 0.238 e. The minimum absolute atomic E-state index is 0.0812. The number of carbonyl (C=O) groups is 1. The van der Waals surface area contributed by atoms with Gasteiger partial charge in [0.15, 0.2) is 9.84 Å². The summed E-state index contributed by atoms with van der Waals surface area (Å²) >= 11 is 3.37. The number of sulfone groups is 1. The van der Waals surface area contributed by atoms with Gasteiger partial charge in [0.05, 0.1) is 30.9 Å². The molecule has 8 heteroatoms. The topological polar surface area (TPSA) is 79.6 Å². The maximum absolute atomic E-state index is 12.4. The molecule has 2 heterocycles. The monoisotopic (exact) mass is 426 g/mol. The number of carbonyl (C=O) groups excluding carboxylic acids is 1. The number of amides is 1. The second-order valence-electron chi connectivity index (χ2n) is 6.10. The molecule has 134 valence electrons. The summed E-state index contributed by atoms with van der Waals surface area (Å²) < 4.78 is 29.8. The molecule has 1 atom stereocenters. The van der Waals surface area contributed by atoms with Gasteiger partial charge in [-0.2, -0.15) is 0 Å². The smallest absolute Gasteiger partial charge is 0.238 e. The molecule has 1 aliphatic heterocycles. The van der Waals surface area contributed by atoms with Gasteiger partial charge in [-0.05, 0) is 36.8 Å². The maximum atomic E-state index is 12.4. The first-order valence-corrected chi connectivity index (χ1v) is 10.5. The fourth-order valence-electron chi connectivity index (χ4n) is 2.93. The number of nitrogens with zero attached hydrogens (tertiary/aromatic N) is 1. The average molecular weight is 427 g/mol. The highest BCUT2D eigenvalue weighted by molar-refractivity contribution is 9.10. The number of benzene rings is 1. The summed E-state index contributed by atoms with van der Waals surface area (Å²) in [5, 5.41) is 2.85. The van der Waals surface area contributed by atoms with Crippen molar-refractivity contribution in [2.75, 3.05) is 23.4 Å². The first-order valence-electron chi connectivity index (χ1n) is 7.93. The molecule has 1 amide bonds. The first-order chi connectivity index (χ1) is 11.9. The molecule has 0 aliphatic carbocycles. The van der Waals surface area contributed by atoms with Gasteiger partial charge in [-0.3, -0.25) is 9.69 Å². The van der Waals surface area contributed by atoms with Crippen LogP contribution in [-0.4, -0.2) is 43.3 Å². The van der Waals surface area contributed by atoms with Crippen molar-refractivity contribution in [2.24, 2.45) is 0 Å². The summed E-state index contributed by atoms with van der Waals surface area (Å²) in [6.45, 7) is 0.506. The van der Waals surface area contributed by atoms with Crippen LogP contribution in [0.5, 0.6) is 0 Å². The molecule has 3 rings (SSSR count). The zero-order valence-electron chi connectivity index (χ0n) is 13.5. The Labute approximate surface area is 155 Å². The molecule has 0 bridgehead atoms. The summed E-state index contributed by atoms with van der Waals surface area (Å²) in [5.41, 5.74) is 0.691. The van der Waals surface area contributed by atoms with Crippen molar-refractivity contribution in [1.29, 1.82) is 0 Å². The fourth-order valence-corrected chi connectivity index (χ4v) is 5.09.